The van der Waals surface area contributed by atoms with Crippen molar-refractivity contribution in [1.82, 2.24) is 15.0 Å². The second-order valence-electron chi connectivity index (χ2n) is 9.71. The number of aromatic nitrogens is 2. The maximum atomic E-state index is 13.6. The molecule has 198 valence electrons. The molecule has 0 saturated carbocycles. The fourth-order valence-electron chi connectivity index (χ4n) is 5.06. The number of carbonyl (C=O) groups excluding carboxylic acids is 1. The molecule has 4 heterocycles. The van der Waals surface area contributed by atoms with Gasteiger partial charge in [-0.25, -0.2) is 4.98 Å². The predicted octanol–water partition coefficient (Wildman–Crippen LogP) is 6.21. The zero-order valence-electron chi connectivity index (χ0n) is 22.0. The van der Waals surface area contributed by atoms with Crippen molar-refractivity contribution in [2.24, 2.45) is 0 Å². The van der Waals surface area contributed by atoms with E-state index < -0.39 is 0 Å². The van der Waals surface area contributed by atoms with Crippen molar-refractivity contribution < 1.29 is 18.8 Å². The van der Waals surface area contributed by atoms with Gasteiger partial charge >= 0.3 is 0 Å². The van der Waals surface area contributed by atoms with E-state index in [1.54, 1.807) is 6.20 Å². The molecule has 0 fully saturated rings. The number of fused-ring (bicyclic) bond motifs is 4. The van der Waals surface area contributed by atoms with Crippen molar-refractivity contribution in [3.63, 3.8) is 0 Å². The summed E-state index contributed by atoms with van der Waals surface area (Å²) >= 11 is 1.43. The minimum Gasteiger partial charge on any atom is -0.491 e. The summed E-state index contributed by atoms with van der Waals surface area (Å²) in [6.07, 6.45) is 2.45. The zero-order valence-corrected chi connectivity index (χ0v) is 22.8. The molecule has 2 bridgehead atoms. The molecule has 0 aliphatic carbocycles. The number of benzene rings is 2. The summed E-state index contributed by atoms with van der Waals surface area (Å²) in [7, 11) is 0. The molecule has 1 aliphatic rings. The van der Waals surface area contributed by atoms with Crippen LogP contribution in [-0.4, -0.2) is 47.3 Å². The molecule has 1 aliphatic heterocycles. The maximum absolute atomic E-state index is 13.6. The summed E-state index contributed by atoms with van der Waals surface area (Å²) in [4.78, 5) is 21.4. The molecule has 0 N–H and O–H groups in total. The molecular formula is C31H29N3O4S. The smallest absolute Gasteiger partial charge is 0.264 e. The van der Waals surface area contributed by atoms with Gasteiger partial charge in [-0.15, -0.1) is 11.3 Å². The zero-order chi connectivity index (χ0) is 26.8. The lowest BCUT2D eigenvalue weighted by atomic mass is 9.96. The molecule has 39 heavy (non-hydrogen) atoms. The highest BCUT2D eigenvalue weighted by Crippen LogP contribution is 2.33. The summed E-state index contributed by atoms with van der Waals surface area (Å²) in [6, 6.07) is 20.5. The van der Waals surface area contributed by atoms with Crippen LogP contribution >= 0.6 is 11.3 Å². The van der Waals surface area contributed by atoms with E-state index in [2.05, 4.69) is 46.5 Å². The fraction of sp³-hybridized carbons (Fsp3) is 0.258. The number of ether oxygens (including phenoxy) is 2. The Labute approximate surface area is 231 Å². The van der Waals surface area contributed by atoms with Crippen LogP contribution in [0, 0.1) is 13.8 Å². The van der Waals surface area contributed by atoms with E-state index in [0.29, 0.717) is 44.2 Å². The summed E-state index contributed by atoms with van der Waals surface area (Å²) in [6.45, 7) is 6.16. The van der Waals surface area contributed by atoms with Crippen LogP contribution in [0.25, 0.3) is 21.3 Å². The van der Waals surface area contributed by atoms with Gasteiger partial charge in [-0.3, -0.25) is 4.79 Å². The Hall–Kier alpha value is -4.01. The monoisotopic (exact) mass is 539 g/mol. The molecule has 5 aromatic rings. The molecule has 0 spiro atoms. The standard InChI is InChI=1S/C31H29N3O4S/c1-20-29(21(2)38-33-20)24-8-9-27-26(17-24)16-22-5-3-6-23(15-22)19-34(11-12-36-13-14-37-27)31(35)28-18-25-7-4-10-32-30(25)39-28/h3-10,15,17-18H,11-14,16,19H2,1-2H3. The van der Waals surface area contributed by atoms with Gasteiger partial charge < -0.3 is 18.9 Å². The van der Waals surface area contributed by atoms with Crippen molar-refractivity contribution >= 4 is 27.5 Å². The normalized spacial score (nSPS) is 14.5. The Morgan fingerprint density at radius 2 is 1.87 bits per heavy atom. The Kier molecular flexibility index (Phi) is 7.13. The average molecular weight is 540 g/mol. The van der Waals surface area contributed by atoms with Crippen molar-refractivity contribution in [1.29, 1.82) is 0 Å². The largest absolute Gasteiger partial charge is 0.491 e. The molecule has 0 saturated heterocycles. The van der Waals surface area contributed by atoms with Crippen LogP contribution in [0.3, 0.4) is 0 Å². The first kappa shape index (κ1) is 25.3. The first-order valence-electron chi connectivity index (χ1n) is 13.0. The van der Waals surface area contributed by atoms with E-state index >= 15 is 0 Å². The molecule has 3 aromatic heterocycles. The number of amides is 1. The van der Waals surface area contributed by atoms with Crippen molar-refractivity contribution in [2.45, 2.75) is 26.8 Å². The van der Waals surface area contributed by atoms with Gasteiger partial charge in [0.15, 0.2) is 0 Å². The quantitative estimate of drug-likeness (QED) is 0.265. The van der Waals surface area contributed by atoms with Gasteiger partial charge in [0, 0.05) is 36.7 Å². The van der Waals surface area contributed by atoms with Crippen LogP contribution in [0.5, 0.6) is 5.75 Å². The van der Waals surface area contributed by atoms with Crippen LogP contribution < -0.4 is 4.74 Å². The molecule has 0 atom stereocenters. The summed E-state index contributed by atoms with van der Waals surface area (Å²) in [5.74, 6) is 1.63. The number of carbonyl (C=O) groups is 1. The molecule has 6 rings (SSSR count). The number of hydrogen-bond acceptors (Lipinski definition) is 7. The van der Waals surface area contributed by atoms with Gasteiger partial charge in [-0.2, -0.15) is 0 Å². The van der Waals surface area contributed by atoms with Crippen molar-refractivity contribution in [2.75, 3.05) is 26.4 Å². The van der Waals surface area contributed by atoms with E-state index in [0.717, 1.165) is 55.2 Å². The number of aryl methyl sites for hydroxylation is 2. The van der Waals surface area contributed by atoms with Crippen LogP contribution in [0.15, 0.2) is 71.4 Å². The van der Waals surface area contributed by atoms with Crippen molar-refractivity contribution in [3.8, 4) is 16.9 Å². The Bertz CT molecular complexity index is 1590. The molecule has 8 heteroatoms. The fourth-order valence-corrected chi connectivity index (χ4v) is 6.03. The number of rotatable bonds is 2. The third-order valence-corrected chi connectivity index (χ3v) is 7.97. The van der Waals surface area contributed by atoms with Crippen LogP contribution in [0.1, 0.15) is 37.8 Å². The highest BCUT2D eigenvalue weighted by Gasteiger charge is 2.20. The maximum Gasteiger partial charge on any atom is 0.264 e. The molecule has 1 amide bonds. The summed E-state index contributed by atoms with van der Waals surface area (Å²) in [5.41, 5.74) is 6.23. The molecule has 7 nitrogen and oxygen atoms in total. The minimum atomic E-state index is -0.00945. The summed E-state index contributed by atoms with van der Waals surface area (Å²) < 4.78 is 17.5. The van der Waals surface area contributed by atoms with Crippen LogP contribution in [0.2, 0.25) is 0 Å². The lowest BCUT2D eigenvalue weighted by Gasteiger charge is -2.23. The van der Waals surface area contributed by atoms with Gasteiger partial charge in [0.2, 0.25) is 0 Å². The third kappa shape index (κ3) is 5.44. The van der Waals surface area contributed by atoms with E-state index in [4.69, 9.17) is 14.0 Å². The molecule has 2 aromatic carbocycles. The lowest BCUT2D eigenvalue weighted by Crippen LogP contribution is -2.33. The van der Waals surface area contributed by atoms with Crippen molar-refractivity contribution in [3.05, 3.63) is 99.9 Å². The lowest BCUT2D eigenvalue weighted by molar-refractivity contribution is 0.0575. The number of hydrogen-bond donors (Lipinski definition) is 0. The summed E-state index contributed by atoms with van der Waals surface area (Å²) in [5, 5.41) is 5.11. The van der Waals surface area contributed by atoms with E-state index in [-0.39, 0.29) is 5.91 Å². The van der Waals surface area contributed by atoms with E-state index in [1.807, 2.05) is 43.0 Å². The van der Waals surface area contributed by atoms with Gasteiger partial charge in [-0.05, 0) is 60.4 Å². The highest BCUT2D eigenvalue weighted by atomic mass is 32.1. The second-order valence-corrected chi connectivity index (χ2v) is 10.7. The first-order chi connectivity index (χ1) is 19.0. The van der Waals surface area contributed by atoms with E-state index in [9.17, 15) is 4.79 Å². The molecular weight excluding hydrogens is 510 g/mol. The Morgan fingerprint density at radius 1 is 0.974 bits per heavy atom. The highest BCUT2D eigenvalue weighted by molar-refractivity contribution is 7.20. The van der Waals surface area contributed by atoms with E-state index in [1.165, 1.54) is 11.3 Å². The number of pyridine rings is 1. The molecule has 0 unspecified atom stereocenters. The second kappa shape index (κ2) is 11.0. The topological polar surface area (TPSA) is 77.7 Å². The van der Waals surface area contributed by atoms with Gasteiger partial charge in [0.05, 0.1) is 23.8 Å². The molecule has 0 radical (unpaired) electrons. The average Bonchev–Trinajstić information content (AvgIpc) is 3.52. The third-order valence-electron chi connectivity index (χ3n) is 6.92. The Morgan fingerprint density at radius 3 is 2.72 bits per heavy atom. The number of nitrogens with zero attached hydrogens (tertiary/aromatic N) is 3. The van der Waals surface area contributed by atoms with Crippen LogP contribution in [-0.2, 0) is 17.7 Å². The Balaban J connectivity index is 1.31. The van der Waals surface area contributed by atoms with Gasteiger partial charge in [0.25, 0.3) is 5.91 Å². The van der Waals surface area contributed by atoms with Crippen LogP contribution in [0.4, 0.5) is 0 Å². The number of thiophene rings is 1. The predicted molar refractivity (Wildman–Crippen MR) is 151 cm³/mol. The SMILES string of the molecule is Cc1noc(C)c1-c1ccc2c(c1)Cc1cccc(c1)CN(C(=O)c1cc3cccnc3s1)CCOCCO2. The first-order valence-corrected chi connectivity index (χ1v) is 13.8. The minimum absolute atomic E-state index is 0.00945. The van der Waals surface area contributed by atoms with Gasteiger partial charge in [0.1, 0.15) is 22.9 Å². The van der Waals surface area contributed by atoms with Gasteiger partial charge in [-0.1, -0.05) is 41.6 Å².